The Bertz CT molecular complexity index is 477. The van der Waals surface area contributed by atoms with Crippen LogP contribution in [0.15, 0.2) is 22.9 Å². The Kier molecular flexibility index (Phi) is 1.81. The smallest absolute Gasteiger partial charge is 0.249 e. The molecule has 5 heteroatoms. The summed E-state index contributed by atoms with van der Waals surface area (Å²) in [5, 5.41) is 0. The fraction of sp³-hybridized carbons (Fsp3) is 0. The number of amides is 1. The van der Waals surface area contributed by atoms with Gasteiger partial charge in [-0.25, -0.2) is 4.98 Å². The van der Waals surface area contributed by atoms with E-state index in [0.29, 0.717) is 10.0 Å². The van der Waals surface area contributed by atoms with Gasteiger partial charge in [0.15, 0.2) is 0 Å². The zero-order valence-corrected chi connectivity index (χ0v) is 8.13. The second-order valence-electron chi connectivity index (χ2n) is 2.59. The molecule has 0 aliphatic carbocycles. The minimum atomic E-state index is -0.461. The predicted octanol–water partition coefficient (Wildman–Crippen LogP) is 1.42. The number of benzene rings is 1. The van der Waals surface area contributed by atoms with Crippen LogP contribution in [0.1, 0.15) is 10.4 Å². The van der Waals surface area contributed by atoms with Crippen molar-refractivity contribution in [1.82, 2.24) is 9.97 Å². The highest BCUT2D eigenvalue weighted by atomic mass is 79.9. The maximum absolute atomic E-state index is 10.9. The standard InChI is InChI=1S/C8H6BrN3O/c9-6-4(8(10)13)1-2-5-7(6)12-3-11-5/h1-3H,(H2,10,13)(H,11,12). The SMILES string of the molecule is NC(=O)c1ccc2[nH]cnc2c1Br. The van der Waals surface area contributed by atoms with Crippen LogP contribution in [0.3, 0.4) is 0 Å². The van der Waals surface area contributed by atoms with Crippen LogP contribution < -0.4 is 5.73 Å². The van der Waals surface area contributed by atoms with E-state index in [1.165, 1.54) is 0 Å². The lowest BCUT2D eigenvalue weighted by Crippen LogP contribution is -2.11. The molecule has 0 aliphatic rings. The Morgan fingerprint density at radius 3 is 3.00 bits per heavy atom. The van der Waals surface area contributed by atoms with Gasteiger partial charge in [0.25, 0.3) is 0 Å². The summed E-state index contributed by atoms with van der Waals surface area (Å²) in [6, 6.07) is 3.43. The highest BCUT2D eigenvalue weighted by Crippen LogP contribution is 2.24. The Balaban J connectivity index is 2.80. The topological polar surface area (TPSA) is 71.8 Å². The average Bonchev–Trinajstić information content (AvgIpc) is 2.52. The van der Waals surface area contributed by atoms with Crippen molar-refractivity contribution >= 4 is 32.9 Å². The third-order valence-electron chi connectivity index (χ3n) is 1.80. The number of carbonyl (C=O) groups is 1. The molecule has 3 N–H and O–H groups in total. The largest absolute Gasteiger partial charge is 0.366 e. The lowest BCUT2D eigenvalue weighted by Gasteiger charge is -1.99. The Hall–Kier alpha value is -1.36. The van der Waals surface area contributed by atoms with E-state index in [1.807, 2.05) is 0 Å². The molecule has 0 radical (unpaired) electrons. The van der Waals surface area contributed by atoms with Crippen LogP contribution in [0, 0.1) is 0 Å². The van der Waals surface area contributed by atoms with Crippen molar-refractivity contribution < 1.29 is 4.79 Å². The summed E-state index contributed by atoms with van der Waals surface area (Å²) in [6.07, 6.45) is 1.57. The van der Waals surface area contributed by atoms with E-state index in [9.17, 15) is 4.79 Å². The first-order valence-electron chi connectivity index (χ1n) is 3.61. The van der Waals surface area contributed by atoms with Gasteiger partial charge in [-0.2, -0.15) is 0 Å². The fourth-order valence-corrected chi connectivity index (χ4v) is 1.81. The van der Waals surface area contributed by atoms with Crippen LogP contribution in [0.5, 0.6) is 0 Å². The van der Waals surface area contributed by atoms with Gasteiger partial charge in [0, 0.05) is 0 Å². The Labute approximate surface area is 82.3 Å². The number of imidazole rings is 1. The van der Waals surface area contributed by atoms with Crippen molar-refractivity contribution in [3.63, 3.8) is 0 Å². The van der Waals surface area contributed by atoms with Gasteiger partial charge < -0.3 is 10.7 Å². The number of hydrogen-bond donors (Lipinski definition) is 2. The number of halogens is 1. The number of H-pyrrole nitrogens is 1. The molecule has 13 heavy (non-hydrogen) atoms. The number of aromatic nitrogens is 2. The van der Waals surface area contributed by atoms with Crippen molar-refractivity contribution in [2.45, 2.75) is 0 Å². The number of nitrogens with zero attached hydrogens (tertiary/aromatic N) is 1. The number of primary amides is 1. The third kappa shape index (κ3) is 1.21. The van der Waals surface area contributed by atoms with Gasteiger partial charge in [0.05, 0.1) is 21.9 Å². The Morgan fingerprint density at radius 1 is 1.54 bits per heavy atom. The maximum Gasteiger partial charge on any atom is 0.249 e. The van der Waals surface area contributed by atoms with Crippen molar-refractivity contribution in [3.05, 3.63) is 28.5 Å². The first-order valence-corrected chi connectivity index (χ1v) is 4.41. The van der Waals surface area contributed by atoms with Crippen LogP contribution in [-0.2, 0) is 0 Å². The summed E-state index contributed by atoms with van der Waals surface area (Å²) in [5.41, 5.74) is 7.20. The minimum Gasteiger partial charge on any atom is -0.366 e. The number of carbonyl (C=O) groups excluding carboxylic acids is 1. The third-order valence-corrected chi connectivity index (χ3v) is 2.60. The van der Waals surface area contributed by atoms with Gasteiger partial charge in [-0.05, 0) is 28.1 Å². The van der Waals surface area contributed by atoms with E-state index in [1.54, 1.807) is 18.5 Å². The number of aromatic amines is 1. The molecule has 1 heterocycles. The quantitative estimate of drug-likeness (QED) is 0.791. The summed E-state index contributed by atoms with van der Waals surface area (Å²) >= 11 is 3.28. The molecule has 0 aliphatic heterocycles. The van der Waals surface area contributed by atoms with Gasteiger partial charge in [-0.3, -0.25) is 4.79 Å². The van der Waals surface area contributed by atoms with Crippen molar-refractivity contribution in [3.8, 4) is 0 Å². The van der Waals surface area contributed by atoms with E-state index in [2.05, 4.69) is 25.9 Å². The average molecular weight is 240 g/mol. The molecule has 0 fully saturated rings. The Morgan fingerprint density at radius 2 is 2.31 bits per heavy atom. The van der Waals surface area contributed by atoms with E-state index >= 15 is 0 Å². The highest BCUT2D eigenvalue weighted by molar-refractivity contribution is 9.10. The number of rotatable bonds is 1. The highest BCUT2D eigenvalue weighted by Gasteiger charge is 2.10. The molecule has 1 aromatic heterocycles. The molecule has 0 unspecified atom stereocenters. The molecule has 1 amide bonds. The van der Waals surface area contributed by atoms with Crippen LogP contribution >= 0.6 is 15.9 Å². The van der Waals surface area contributed by atoms with Gasteiger partial charge in [-0.15, -0.1) is 0 Å². The van der Waals surface area contributed by atoms with Crippen LogP contribution in [0.2, 0.25) is 0 Å². The molecule has 0 saturated heterocycles. The number of hydrogen-bond acceptors (Lipinski definition) is 2. The van der Waals surface area contributed by atoms with E-state index in [-0.39, 0.29) is 0 Å². The van der Waals surface area contributed by atoms with Gasteiger partial charge in [0.1, 0.15) is 5.52 Å². The lowest BCUT2D eigenvalue weighted by molar-refractivity contribution is 0.0999. The van der Waals surface area contributed by atoms with Crippen molar-refractivity contribution in [2.75, 3.05) is 0 Å². The minimum absolute atomic E-state index is 0.444. The predicted molar refractivity (Wildman–Crippen MR) is 52.3 cm³/mol. The normalized spacial score (nSPS) is 10.5. The van der Waals surface area contributed by atoms with E-state index in [4.69, 9.17) is 5.73 Å². The molecular formula is C8H6BrN3O. The van der Waals surface area contributed by atoms with Gasteiger partial charge in [0.2, 0.25) is 5.91 Å². The summed E-state index contributed by atoms with van der Waals surface area (Å²) in [6.45, 7) is 0. The molecular weight excluding hydrogens is 234 g/mol. The maximum atomic E-state index is 10.9. The zero-order valence-electron chi connectivity index (χ0n) is 6.54. The van der Waals surface area contributed by atoms with Crippen molar-refractivity contribution in [2.24, 2.45) is 5.73 Å². The molecule has 2 aromatic rings. The van der Waals surface area contributed by atoms with Gasteiger partial charge in [-0.1, -0.05) is 0 Å². The number of nitrogens with two attached hydrogens (primary N) is 1. The first-order chi connectivity index (χ1) is 6.20. The van der Waals surface area contributed by atoms with E-state index < -0.39 is 5.91 Å². The number of nitrogens with one attached hydrogen (secondary N) is 1. The second kappa shape index (κ2) is 2.85. The van der Waals surface area contributed by atoms with Crippen molar-refractivity contribution in [1.29, 1.82) is 0 Å². The molecule has 66 valence electrons. The molecule has 0 bridgehead atoms. The molecule has 0 spiro atoms. The zero-order chi connectivity index (χ0) is 9.42. The van der Waals surface area contributed by atoms with E-state index in [0.717, 1.165) is 11.0 Å². The second-order valence-corrected chi connectivity index (χ2v) is 3.38. The summed E-state index contributed by atoms with van der Waals surface area (Å²) in [7, 11) is 0. The van der Waals surface area contributed by atoms with Gasteiger partial charge >= 0.3 is 0 Å². The number of fused-ring (bicyclic) bond motifs is 1. The lowest BCUT2D eigenvalue weighted by atomic mass is 10.2. The molecule has 0 saturated carbocycles. The molecule has 4 nitrogen and oxygen atoms in total. The fourth-order valence-electron chi connectivity index (χ4n) is 1.16. The monoisotopic (exact) mass is 239 g/mol. The van der Waals surface area contributed by atoms with Crippen LogP contribution in [0.25, 0.3) is 11.0 Å². The summed E-state index contributed by atoms with van der Waals surface area (Å²) < 4.78 is 0.638. The van der Waals surface area contributed by atoms with Crippen LogP contribution in [-0.4, -0.2) is 15.9 Å². The summed E-state index contributed by atoms with van der Waals surface area (Å²) in [5.74, 6) is -0.461. The summed E-state index contributed by atoms with van der Waals surface area (Å²) in [4.78, 5) is 17.9. The molecule has 1 aromatic carbocycles. The first kappa shape index (κ1) is 8.25. The molecule has 0 atom stereocenters. The van der Waals surface area contributed by atoms with Crippen LogP contribution in [0.4, 0.5) is 0 Å². The molecule has 2 rings (SSSR count).